The average Bonchev–Trinajstić information content (AvgIpc) is 2.43. The van der Waals surface area contributed by atoms with Crippen molar-refractivity contribution in [3.05, 3.63) is 22.9 Å². The Balaban J connectivity index is 2.23. The molecule has 106 valence electrons. The summed E-state index contributed by atoms with van der Waals surface area (Å²) in [6, 6.07) is 3.86. The van der Waals surface area contributed by atoms with Gasteiger partial charge < -0.3 is 15.5 Å². The second kappa shape index (κ2) is 5.47. The predicted molar refractivity (Wildman–Crippen MR) is 72.3 cm³/mol. The number of carboxylic acids is 1. The zero-order chi connectivity index (χ0) is 14.8. The molecule has 0 saturated carbocycles. The van der Waals surface area contributed by atoms with Crippen LogP contribution in [-0.4, -0.2) is 33.3 Å². The van der Waals surface area contributed by atoms with E-state index in [1.54, 1.807) is 6.07 Å². The highest BCUT2D eigenvalue weighted by atomic mass is 16.4. The minimum Gasteiger partial charge on any atom is -0.479 e. The molecule has 1 aromatic rings. The number of nitriles is 1. The molecule has 6 nitrogen and oxygen atoms in total. The highest BCUT2D eigenvalue weighted by Crippen LogP contribution is 2.24. The molecule has 1 atom stereocenters. The maximum Gasteiger partial charge on any atom is 0.337 e. The quantitative estimate of drug-likeness (QED) is 0.759. The molecule has 1 heterocycles. The number of nitrogens with one attached hydrogen (secondary N) is 1. The van der Waals surface area contributed by atoms with E-state index in [4.69, 9.17) is 10.4 Å². The van der Waals surface area contributed by atoms with Crippen LogP contribution in [0, 0.1) is 11.3 Å². The number of carbonyl (C=O) groups is 1. The number of aliphatic hydroxyl groups is 1. The number of pyridine rings is 1. The van der Waals surface area contributed by atoms with Gasteiger partial charge in [0.05, 0.1) is 12.1 Å². The fourth-order valence-corrected chi connectivity index (χ4v) is 2.19. The highest BCUT2D eigenvalue weighted by Gasteiger charge is 2.30. The smallest absolute Gasteiger partial charge is 0.337 e. The molecule has 6 heteroatoms. The van der Waals surface area contributed by atoms with Crippen LogP contribution in [-0.2, 0) is 17.6 Å². The first-order chi connectivity index (χ1) is 9.44. The average molecular weight is 275 g/mol. The lowest BCUT2D eigenvalue weighted by atomic mass is 9.95. The highest BCUT2D eigenvalue weighted by molar-refractivity contribution is 5.77. The van der Waals surface area contributed by atoms with Crippen LogP contribution in [0.4, 0.5) is 5.82 Å². The van der Waals surface area contributed by atoms with E-state index in [9.17, 15) is 9.90 Å². The largest absolute Gasteiger partial charge is 0.479 e. The minimum atomic E-state index is -1.90. The second-order valence-electron chi connectivity index (χ2n) is 5.24. The summed E-state index contributed by atoms with van der Waals surface area (Å²) in [6.45, 7) is 0.996. The summed E-state index contributed by atoms with van der Waals surface area (Å²) in [6.07, 6.45) is 3.95. The Morgan fingerprint density at radius 1 is 1.55 bits per heavy atom. The van der Waals surface area contributed by atoms with Crippen LogP contribution < -0.4 is 5.32 Å². The summed E-state index contributed by atoms with van der Waals surface area (Å²) < 4.78 is 0. The zero-order valence-electron chi connectivity index (χ0n) is 11.3. The Hall–Kier alpha value is -2.13. The Morgan fingerprint density at radius 3 is 2.90 bits per heavy atom. The Bertz CT molecular complexity index is 576. The number of aromatic nitrogens is 1. The van der Waals surface area contributed by atoms with Crippen LogP contribution >= 0.6 is 0 Å². The Labute approximate surface area is 117 Å². The van der Waals surface area contributed by atoms with E-state index in [2.05, 4.69) is 16.4 Å². The normalized spacial score (nSPS) is 16.6. The van der Waals surface area contributed by atoms with Crippen LogP contribution in [0.3, 0.4) is 0 Å². The van der Waals surface area contributed by atoms with E-state index in [-0.39, 0.29) is 6.54 Å². The first-order valence-electron chi connectivity index (χ1n) is 6.56. The number of aryl methyl sites for hydroxylation is 2. The number of carboxylic acid groups (broad SMARTS) is 1. The van der Waals surface area contributed by atoms with Crippen LogP contribution in [0.1, 0.15) is 36.6 Å². The molecule has 0 aliphatic heterocycles. The van der Waals surface area contributed by atoms with Gasteiger partial charge in [-0.05, 0) is 44.2 Å². The molecule has 3 N–H and O–H groups in total. The molecule has 0 amide bonds. The van der Waals surface area contributed by atoms with Gasteiger partial charge in [-0.1, -0.05) is 0 Å². The van der Waals surface area contributed by atoms with E-state index in [0.717, 1.165) is 36.9 Å². The maximum atomic E-state index is 10.9. The third kappa shape index (κ3) is 2.89. The van der Waals surface area contributed by atoms with Crippen LogP contribution in [0.2, 0.25) is 0 Å². The van der Waals surface area contributed by atoms with Crippen molar-refractivity contribution in [3.63, 3.8) is 0 Å². The third-order valence-electron chi connectivity index (χ3n) is 3.48. The molecular weight excluding hydrogens is 258 g/mol. The van der Waals surface area contributed by atoms with E-state index in [1.165, 1.54) is 6.92 Å². The summed E-state index contributed by atoms with van der Waals surface area (Å²) in [4.78, 5) is 15.3. The Kier molecular flexibility index (Phi) is 3.91. The van der Waals surface area contributed by atoms with Gasteiger partial charge in [-0.2, -0.15) is 5.26 Å². The molecule has 1 aromatic heterocycles. The molecule has 0 bridgehead atoms. The van der Waals surface area contributed by atoms with Crippen molar-refractivity contribution in [1.29, 1.82) is 5.26 Å². The van der Waals surface area contributed by atoms with Gasteiger partial charge in [0, 0.05) is 5.69 Å². The van der Waals surface area contributed by atoms with E-state index in [0.29, 0.717) is 11.4 Å². The van der Waals surface area contributed by atoms with Gasteiger partial charge in [-0.25, -0.2) is 9.78 Å². The summed E-state index contributed by atoms with van der Waals surface area (Å²) in [5.41, 5.74) is 0.521. The molecule has 1 unspecified atom stereocenters. The van der Waals surface area contributed by atoms with E-state index >= 15 is 0 Å². The van der Waals surface area contributed by atoms with Crippen molar-refractivity contribution in [2.45, 2.75) is 38.2 Å². The van der Waals surface area contributed by atoms with Gasteiger partial charge in [-0.15, -0.1) is 0 Å². The number of anilines is 1. The number of rotatable bonds is 4. The summed E-state index contributed by atoms with van der Waals surface area (Å²) >= 11 is 0. The molecule has 0 aromatic carbocycles. The SMILES string of the molecule is CC(O)(CNc1nc2c(cc1C#N)CCCC2)C(=O)O. The van der Waals surface area contributed by atoms with E-state index in [1.807, 2.05) is 0 Å². The topological polar surface area (TPSA) is 106 Å². The lowest BCUT2D eigenvalue weighted by Gasteiger charge is -2.21. The van der Waals surface area contributed by atoms with Crippen LogP contribution in [0.15, 0.2) is 6.07 Å². The van der Waals surface area contributed by atoms with Gasteiger partial charge >= 0.3 is 5.97 Å². The minimum absolute atomic E-state index is 0.206. The monoisotopic (exact) mass is 275 g/mol. The van der Waals surface area contributed by atoms with Gasteiger partial charge in [-0.3, -0.25) is 0 Å². The molecule has 0 radical (unpaired) electrons. The second-order valence-corrected chi connectivity index (χ2v) is 5.24. The first kappa shape index (κ1) is 14.3. The van der Waals surface area contributed by atoms with Gasteiger partial charge in [0.15, 0.2) is 5.60 Å². The van der Waals surface area contributed by atoms with Crippen molar-refractivity contribution >= 4 is 11.8 Å². The molecule has 0 fully saturated rings. The number of hydrogen-bond donors (Lipinski definition) is 3. The van der Waals surface area contributed by atoms with Crippen molar-refractivity contribution in [2.24, 2.45) is 0 Å². The fraction of sp³-hybridized carbons (Fsp3) is 0.500. The summed E-state index contributed by atoms with van der Waals surface area (Å²) in [5.74, 6) is -0.976. The molecule has 2 rings (SSSR count). The van der Waals surface area contributed by atoms with Crippen molar-refractivity contribution in [2.75, 3.05) is 11.9 Å². The number of hydrogen-bond acceptors (Lipinski definition) is 5. The first-order valence-corrected chi connectivity index (χ1v) is 6.56. The molecular formula is C14H17N3O3. The van der Waals surface area contributed by atoms with Crippen LogP contribution in [0.25, 0.3) is 0 Å². The van der Waals surface area contributed by atoms with Crippen molar-refractivity contribution in [3.8, 4) is 6.07 Å². The molecule has 1 aliphatic rings. The van der Waals surface area contributed by atoms with Gasteiger partial charge in [0.25, 0.3) is 0 Å². The van der Waals surface area contributed by atoms with E-state index < -0.39 is 11.6 Å². The van der Waals surface area contributed by atoms with Crippen LogP contribution in [0.5, 0.6) is 0 Å². The fourth-order valence-electron chi connectivity index (χ4n) is 2.19. The predicted octanol–water partition coefficient (Wildman–Crippen LogP) is 1.08. The maximum absolute atomic E-state index is 10.9. The number of aliphatic carboxylic acids is 1. The number of fused-ring (bicyclic) bond motifs is 1. The number of nitrogens with zero attached hydrogens (tertiary/aromatic N) is 2. The van der Waals surface area contributed by atoms with Gasteiger partial charge in [0.2, 0.25) is 0 Å². The molecule has 0 saturated heterocycles. The summed E-state index contributed by atoms with van der Waals surface area (Å²) in [7, 11) is 0. The molecule has 0 spiro atoms. The molecule has 20 heavy (non-hydrogen) atoms. The van der Waals surface area contributed by atoms with Crippen molar-refractivity contribution in [1.82, 2.24) is 4.98 Å². The lowest BCUT2D eigenvalue weighted by molar-refractivity contribution is -0.155. The summed E-state index contributed by atoms with van der Waals surface area (Å²) in [5, 5.41) is 30.5. The molecule has 1 aliphatic carbocycles. The van der Waals surface area contributed by atoms with Crippen molar-refractivity contribution < 1.29 is 15.0 Å². The van der Waals surface area contributed by atoms with Gasteiger partial charge in [0.1, 0.15) is 11.9 Å². The third-order valence-corrected chi connectivity index (χ3v) is 3.48. The standard InChI is InChI=1S/C14H17N3O3/c1-14(20,13(18)19)8-16-12-10(7-15)6-9-4-2-3-5-11(9)17-12/h6,20H,2-5,8H2,1H3,(H,16,17)(H,18,19). The zero-order valence-corrected chi connectivity index (χ0v) is 11.3. The Morgan fingerprint density at radius 2 is 2.25 bits per heavy atom. The lowest BCUT2D eigenvalue weighted by Crippen LogP contribution is -2.42.